The fraction of sp³-hybridized carbons (Fsp3) is 0.800. The number of carbonyl (C=O) groups is 1. The van der Waals surface area contributed by atoms with Crippen molar-refractivity contribution in [2.24, 2.45) is 0 Å². The van der Waals surface area contributed by atoms with Crippen molar-refractivity contribution >= 4 is 5.91 Å². The molecule has 1 amide bonds. The molecule has 1 unspecified atom stereocenters. The highest BCUT2D eigenvalue weighted by atomic mass is 16.5. The first kappa shape index (κ1) is 14.1. The zero-order chi connectivity index (χ0) is 14.9. The van der Waals surface area contributed by atoms with Crippen molar-refractivity contribution in [3.05, 3.63) is 11.7 Å². The lowest BCUT2D eigenvalue weighted by molar-refractivity contribution is -0.134. The van der Waals surface area contributed by atoms with E-state index in [1.54, 1.807) is 0 Å². The predicted octanol–water partition coefficient (Wildman–Crippen LogP) is 0.770. The molecule has 0 bridgehead atoms. The van der Waals surface area contributed by atoms with Gasteiger partial charge in [-0.1, -0.05) is 5.16 Å². The smallest absolute Gasteiger partial charge is 0.231 e. The molecule has 7 heteroatoms. The average Bonchev–Trinajstić information content (AvgIpc) is 3.28. The Morgan fingerprint density at radius 1 is 1.18 bits per heavy atom. The Balaban J connectivity index is 1.39. The Bertz CT molecular complexity index is 537. The largest absolute Gasteiger partial charge is 0.379 e. The number of aromatic nitrogens is 2. The van der Waals surface area contributed by atoms with Crippen molar-refractivity contribution in [3.8, 4) is 0 Å². The van der Waals surface area contributed by atoms with E-state index in [4.69, 9.17) is 9.26 Å². The molecule has 0 spiro atoms. The van der Waals surface area contributed by atoms with Crippen LogP contribution in [0, 0.1) is 0 Å². The highest BCUT2D eigenvalue weighted by Crippen LogP contribution is 2.34. The zero-order valence-electron chi connectivity index (χ0n) is 12.7. The number of ether oxygens (including phenoxy) is 1. The highest BCUT2D eigenvalue weighted by Gasteiger charge is 2.38. The van der Waals surface area contributed by atoms with Crippen molar-refractivity contribution in [2.75, 3.05) is 32.8 Å². The van der Waals surface area contributed by atoms with E-state index in [-0.39, 0.29) is 11.8 Å². The van der Waals surface area contributed by atoms with Gasteiger partial charge in [-0.15, -0.1) is 0 Å². The van der Waals surface area contributed by atoms with Crippen LogP contribution in [-0.4, -0.2) is 64.7 Å². The summed E-state index contributed by atoms with van der Waals surface area (Å²) >= 11 is 0. The van der Waals surface area contributed by atoms with Crippen LogP contribution in [-0.2, 0) is 16.1 Å². The molecule has 0 aromatic carbocycles. The maximum absolute atomic E-state index is 12.0. The minimum Gasteiger partial charge on any atom is -0.379 e. The molecule has 1 atom stereocenters. The Kier molecular flexibility index (Phi) is 3.83. The summed E-state index contributed by atoms with van der Waals surface area (Å²) in [5, 5.41) is 4.12. The van der Waals surface area contributed by atoms with E-state index < -0.39 is 0 Å². The summed E-state index contributed by atoms with van der Waals surface area (Å²) in [5.74, 6) is 1.92. The molecule has 0 N–H and O–H groups in total. The summed E-state index contributed by atoms with van der Waals surface area (Å²) in [4.78, 5) is 20.8. The lowest BCUT2D eigenvalue weighted by atomic mass is 9.97. The fourth-order valence-electron chi connectivity index (χ4n) is 3.27. The summed E-state index contributed by atoms with van der Waals surface area (Å²) in [6.07, 6.45) is 3.71. The molecule has 3 aliphatic rings. The molecule has 2 saturated heterocycles. The number of amides is 1. The highest BCUT2D eigenvalue weighted by molar-refractivity contribution is 5.77. The van der Waals surface area contributed by atoms with E-state index in [0.717, 1.165) is 57.9 Å². The summed E-state index contributed by atoms with van der Waals surface area (Å²) in [6, 6.07) is 0.464. The Hall–Kier alpha value is -1.47. The van der Waals surface area contributed by atoms with Gasteiger partial charge >= 0.3 is 0 Å². The molecule has 4 rings (SSSR count). The first-order valence-electron chi connectivity index (χ1n) is 8.21. The van der Waals surface area contributed by atoms with Gasteiger partial charge in [0.05, 0.1) is 25.7 Å². The lowest BCUT2D eigenvalue weighted by Crippen LogP contribution is -2.40. The molecule has 0 radical (unpaired) electrons. The molecular formula is C15H22N4O3. The molecule has 2 aliphatic heterocycles. The normalized spacial score (nSPS) is 27.4. The topological polar surface area (TPSA) is 71.7 Å². The quantitative estimate of drug-likeness (QED) is 0.818. The number of piperidine rings is 1. The van der Waals surface area contributed by atoms with Crippen LogP contribution in [0.3, 0.4) is 0 Å². The van der Waals surface area contributed by atoms with Gasteiger partial charge in [-0.05, 0) is 19.3 Å². The number of hydrogen-bond acceptors (Lipinski definition) is 6. The monoisotopic (exact) mass is 306 g/mol. The van der Waals surface area contributed by atoms with Gasteiger partial charge in [0.15, 0.2) is 5.82 Å². The van der Waals surface area contributed by atoms with Crippen molar-refractivity contribution in [2.45, 2.75) is 44.2 Å². The second-order valence-electron chi connectivity index (χ2n) is 6.45. The first-order valence-corrected chi connectivity index (χ1v) is 8.21. The Labute approximate surface area is 129 Å². The van der Waals surface area contributed by atoms with Crippen LogP contribution in [0.5, 0.6) is 0 Å². The number of morpholine rings is 1. The third kappa shape index (κ3) is 3.01. The van der Waals surface area contributed by atoms with Crippen molar-refractivity contribution in [1.82, 2.24) is 19.9 Å². The molecule has 1 aromatic heterocycles. The summed E-state index contributed by atoms with van der Waals surface area (Å²) in [5.41, 5.74) is 0. The molecule has 1 aliphatic carbocycles. The number of hydrogen-bond donors (Lipinski definition) is 0. The summed E-state index contributed by atoms with van der Waals surface area (Å²) in [7, 11) is 0. The maximum atomic E-state index is 12.0. The summed E-state index contributed by atoms with van der Waals surface area (Å²) in [6.45, 7) is 4.82. The third-order valence-corrected chi connectivity index (χ3v) is 4.73. The van der Waals surface area contributed by atoms with Crippen LogP contribution in [0.4, 0.5) is 0 Å². The number of nitrogens with zero attached hydrogens (tertiary/aromatic N) is 4. The second kappa shape index (κ2) is 5.96. The minimum absolute atomic E-state index is 0.198. The predicted molar refractivity (Wildman–Crippen MR) is 77.1 cm³/mol. The molecule has 1 aromatic rings. The van der Waals surface area contributed by atoms with Crippen LogP contribution in [0.1, 0.15) is 43.3 Å². The van der Waals surface area contributed by atoms with Gasteiger partial charge in [0.2, 0.25) is 11.8 Å². The van der Waals surface area contributed by atoms with E-state index in [9.17, 15) is 4.79 Å². The lowest BCUT2D eigenvalue weighted by Gasteiger charge is -2.30. The fourth-order valence-corrected chi connectivity index (χ4v) is 3.27. The number of likely N-dealkylation sites (tertiary alicyclic amines) is 1. The molecule has 120 valence electrons. The molecule has 7 nitrogen and oxygen atoms in total. The van der Waals surface area contributed by atoms with Gasteiger partial charge in [0, 0.05) is 32.1 Å². The van der Waals surface area contributed by atoms with Gasteiger partial charge in [-0.2, -0.15) is 4.98 Å². The van der Waals surface area contributed by atoms with Crippen LogP contribution in [0.15, 0.2) is 4.52 Å². The zero-order valence-corrected chi connectivity index (χ0v) is 12.7. The van der Waals surface area contributed by atoms with Gasteiger partial charge in [0.25, 0.3) is 0 Å². The van der Waals surface area contributed by atoms with E-state index >= 15 is 0 Å². The standard InChI is InChI=1S/C15H22N4O3/c20-14-4-1-11(9-19(14)12-2-3-12)15-16-13(17-22-15)10-18-5-7-21-8-6-18/h11-12H,1-10H2. The minimum atomic E-state index is 0.198. The third-order valence-electron chi connectivity index (χ3n) is 4.73. The van der Waals surface area contributed by atoms with Crippen LogP contribution < -0.4 is 0 Å². The van der Waals surface area contributed by atoms with Crippen molar-refractivity contribution < 1.29 is 14.1 Å². The van der Waals surface area contributed by atoms with Gasteiger partial charge < -0.3 is 14.2 Å². The van der Waals surface area contributed by atoms with Gasteiger partial charge in [0.1, 0.15) is 0 Å². The van der Waals surface area contributed by atoms with E-state index in [0.29, 0.717) is 24.9 Å². The SMILES string of the molecule is O=C1CCC(c2nc(CN3CCOCC3)no2)CN1C1CC1. The van der Waals surface area contributed by atoms with Gasteiger partial charge in [-0.25, -0.2) is 0 Å². The van der Waals surface area contributed by atoms with Crippen LogP contribution >= 0.6 is 0 Å². The first-order chi connectivity index (χ1) is 10.8. The Morgan fingerprint density at radius 2 is 2.00 bits per heavy atom. The van der Waals surface area contributed by atoms with Crippen LogP contribution in [0.2, 0.25) is 0 Å². The van der Waals surface area contributed by atoms with E-state index in [2.05, 4.69) is 15.0 Å². The van der Waals surface area contributed by atoms with Crippen molar-refractivity contribution in [1.29, 1.82) is 0 Å². The molecule has 3 fully saturated rings. The molecule has 1 saturated carbocycles. The Morgan fingerprint density at radius 3 is 2.77 bits per heavy atom. The maximum Gasteiger partial charge on any atom is 0.231 e. The number of carbonyl (C=O) groups excluding carboxylic acids is 1. The van der Waals surface area contributed by atoms with Crippen LogP contribution in [0.25, 0.3) is 0 Å². The molecular weight excluding hydrogens is 284 g/mol. The second-order valence-corrected chi connectivity index (χ2v) is 6.45. The average molecular weight is 306 g/mol. The molecule has 22 heavy (non-hydrogen) atoms. The molecule has 3 heterocycles. The van der Waals surface area contributed by atoms with Gasteiger partial charge in [-0.3, -0.25) is 9.69 Å². The van der Waals surface area contributed by atoms with E-state index in [1.165, 1.54) is 0 Å². The number of rotatable bonds is 4. The van der Waals surface area contributed by atoms with E-state index in [1.807, 2.05) is 4.90 Å². The summed E-state index contributed by atoms with van der Waals surface area (Å²) < 4.78 is 10.8. The van der Waals surface area contributed by atoms with Crippen molar-refractivity contribution in [3.63, 3.8) is 0 Å².